The monoisotopic (exact) mass is 690 g/mol. The summed E-state index contributed by atoms with van der Waals surface area (Å²) in [6, 6.07) is 16.6. The number of nitrogens with one attached hydrogen (secondary N) is 2. The lowest BCUT2D eigenvalue weighted by atomic mass is 10.0. The molecule has 2 amide bonds. The molecule has 3 aromatic rings. The Kier molecular flexibility index (Phi) is 14.1. The second kappa shape index (κ2) is 17.3. The van der Waals surface area contributed by atoms with E-state index >= 15 is 0 Å². The molecule has 48 heavy (non-hydrogen) atoms. The van der Waals surface area contributed by atoms with Crippen LogP contribution in [0.3, 0.4) is 0 Å². The van der Waals surface area contributed by atoms with Gasteiger partial charge in [0.15, 0.2) is 0 Å². The summed E-state index contributed by atoms with van der Waals surface area (Å²) in [5.74, 6) is -6.10. The van der Waals surface area contributed by atoms with Crippen molar-refractivity contribution in [3.05, 3.63) is 71.4 Å². The third kappa shape index (κ3) is 12.0. The maximum Gasteiger partial charge on any atom is 0.490 e. The zero-order chi connectivity index (χ0) is 36.2. The van der Waals surface area contributed by atoms with E-state index in [-0.39, 0.29) is 11.9 Å². The number of para-hydroxylation sites is 1. The lowest BCUT2D eigenvalue weighted by molar-refractivity contribution is -0.193. The number of amides is 2. The van der Waals surface area contributed by atoms with Gasteiger partial charge < -0.3 is 25.2 Å². The van der Waals surface area contributed by atoms with Gasteiger partial charge in [-0.2, -0.15) is 26.3 Å². The number of aromatic nitrogens is 1. The van der Waals surface area contributed by atoms with Crippen LogP contribution in [0.4, 0.5) is 26.3 Å². The van der Waals surface area contributed by atoms with Crippen molar-refractivity contribution in [3.63, 3.8) is 0 Å². The number of carboxylic acids is 2. The number of halogens is 6. The molecule has 18 heteroatoms. The van der Waals surface area contributed by atoms with Crippen LogP contribution in [0.2, 0.25) is 0 Å². The Balaban J connectivity index is 0.000000479. The Morgan fingerprint density at radius 3 is 2.02 bits per heavy atom. The normalized spacial score (nSPS) is 16.1. The van der Waals surface area contributed by atoms with Gasteiger partial charge in [0.25, 0.3) is 5.91 Å². The van der Waals surface area contributed by atoms with Crippen LogP contribution in [-0.2, 0) is 21.0 Å². The Morgan fingerprint density at radius 2 is 1.50 bits per heavy atom. The van der Waals surface area contributed by atoms with E-state index < -0.39 is 36.1 Å². The molecule has 2 aromatic carbocycles. The van der Waals surface area contributed by atoms with Gasteiger partial charge >= 0.3 is 24.3 Å². The number of pyridine rings is 1. The van der Waals surface area contributed by atoms with Crippen LogP contribution in [0.25, 0.3) is 10.9 Å². The lowest BCUT2D eigenvalue weighted by Crippen LogP contribution is -2.45. The SMILES string of the molecule is CCCN1C[C@H](C(=O)NO)[C@H](NC(=O)c2ccc(OCc3cc(C)nc4ccccc34)cc2)C1.O=C(O)C(F)(F)F.O=C(O)C(F)(F)F. The summed E-state index contributed by atoms with van der Waals surface area (Å²) in [4.78, 5) is 49.4. The molecule has 2 atom stereocenters. The number of nitrogens with zero attached hydrogens (tertiary/aromatic N) is 2. The van der Waals surface area contributed by atoms with Crippen LogP contribution >= 0.6 is 0 Å². The number of aliphatic carboxylic acids is 2. The van der Waals surface area contributed by atoms with Gasteiger partial charge in [-0.15, -0.1) is 0 Å². The highest BCUT2D eigenvalue weighted by molar-refractivity contribution is 5.95. The molecule has 0 aliphatic carbocycles. The minimum absolute atomic E-state index is 0.263. The molecule has 262 valence electrons. The highest BCUT2D eigenvalue weighted by Gasteiger charge is 2.39. The number of fused-ring (bicyclic) bond motifs is 1. The number of aryl methyl sites for hydroxylation is 1. The van der Waals surface area contributed by atoms with Crippen molar-refractivity contribution >= 4 is 34.7 Å². The van der Waals surface area contributed by atoms with E-state index in [9.17, 15) is 35.9 Å². The van der Waals surface area contributed by atoms with Gasteiger partial charge in [0.2, 0.25) is 5.91 Å². The Morgan fingerprint density at radius 1 is 0.938 bits per heavy atom. The molecule has 0 unspecified atom stereocenters. The fourth-order valence-electron chi connectivity index (χ4n) is 4.51. The van der Waals surface area contributed by atoms with E-state index in [1.54, 1.807) is 29.7 Å². The van der Waals surface area contributed by atoms with E-state index in [1.165, 1.54) is 0 Å². The minimum Gasteiger partial charge on any atom is -0.489 e. The van der Waals surface area contributed by atoms with Gasteiger partial charge in [-0.25, -0.2) is 15.1 Å². The van der Waals surface area contributed by atoms with Crippen LogP contribution in [0.5, 0.6) is 5.75 Å². The lowest BCUT2D eigenvalue weighted by Gasteiger charge is -2.18. The van der Waals surface area contributed by atoms with Crippen LogP contribution in [0.15, 0.2) is 54.6 Å². The number of hydrogen-bond acceptors (Lipinski definition) is 8. The molecule has 1 aromatic heterocycles. The Labute approximate surface area is 269 Å². The van der Waals surface area contributed by atoms with Crippen molar-refractivity contribution in [3.8, 4) is 5.75 Å². The van der Waals surface area contributed by atoms with Crippen LogP contribution in [0, 0.1) is 12.8 Å². The smallest absolute Gasteiger partial charge is 0.489 e. The molecule has 2 heterocycles. The standard InChI is InChI=1S/C26H30N4O4.2C2HF3O2/c1-3-12-30-14-22(26(32)29-33)24(15-30)28-25(31)18-8-10-20(11-9-18)34-16-19-13-17(2)27-23-7-5-4-6-21(19)23;2*3-2(4,5)1(6)7/h4-11,13,22,24,33H,3,12,14-16H2,1-2H3,(H,28,31)(H,29,32);2*(H,6,7)/t22-,24+;;/m0../s1. The number of likely N-dealkylation sites (tertiary alicyclic amines) is 1. The summed E-state index contributed by atoms with van der Waals surface area (Å²) < 4.78 is 69.5. The fourth-order valence-corrected chi connectivity index (χ4v) is 4.51. The summed E-state index contributed by atoms with van der Waals surface area (Å²) in [5.41, 5.74) is 5.13. The Hall–Kier alpha value is -4.97. The summed E-state index contributed by atoms with van der Waals surface area (Å²) in [5, 5.41) is 27.3. The van der Waals surface area contributed by atoms with Gasteiger partial charge in [-0.05, 0) is 56.3 Å². The van der Waals surface area contributed by atoms with Crippen molar-refractivity contribution in [2.45, 2.75) is 45.3 Å². The van der Waals surface area contributed by atoms with E-state index in [0.29, 0.717) is 31.0 Å². The van der Waals surface area contributed by atoms with E-state index in [2.05, 4.69) is 22.1 Å². The zero-order valence-electron chi connectivity index (χ0n) is 25.4. The molecule has 5 N–H and O–H groups in total. The van der Waals surface area contributed by atoms with Gasteiger partial charge in [-0.3, -0.25) is 19.8 Å². The number of carboxylic acid groups (broad SMARTS) is 2. The minimum atomic E-state index is -5.08. The molecular weight excluding hydrogens is 658 g/mol. The Bertz CT molecular complexity index is 1540. The number of benzene rings is 2. The molecular formula is C30H32F6N4O8. The van der Waals surface area contributed by atoms with E-state index in [0.717, 1.165) is 35.1 Å². The first-order valence-electron chi connectivity index (χ1n) is 14.0. The van der Waals surface area contributed by atoms with Gasteiger partial charge in [0, 0.05) is 35.3 Å². The summed E-state index contributed by atoms with van der Waals surface area (Å²) in [7, 11) is 0. The largest absolute Gasteiger partial charge is 0.490 e. The zero-order valence-corrected chi connectivity index (χ0v) is 25.4. The molecule has 1 saturated heterocycles. The van der Waals surface area contributed by atoms with Gasteiger partial charge in [0.1, 0.15) is 12.4 Å². The predicted octanol–water partition coefficient (Wildman–Crippen LogP) is 4.33. The molecule has 12 nitrogen and oxygen atoms in total. The number of hydroxylamine groups is 1. The molecule has 0 spiro atoms. The number of carbonyl (C=O) groups excluding carboxylic acids is 2. The number of carbonyl (C=O) groups is 4. The van der Waals surface area contributed by atoms with E-state index in [4.69, 9.17) is 29.7 Å². The highest BCUT2D eigenvalue weighted by atomic mass is 19.4. The number of alkyl halides is 6. The molecule has 1 aliphatic rings. The molecule has 0 saturated carbocycles. The topological polar surface area (TPSA) is 178 Å². The van der Waals surface area contributed by atoms with Crippen molar-refractivity contribution in [2.24, 2.45) is 5.92 Å². The van der Waals surface area contributed by atoms with Crippen molar-refractivity contribution in [2.75, 3.05) is 19.6 Å². The summed E-state index contributed by atoms with van der Waals surface area (Å²) >= 11 is 0. The third-order valence-electron chi connectivity index (χ3n) is 6.62. The van der Waals surface area contributed by atoms with Crippen LogP contribution in [-0.4, -0.2) is 87.1 Å². The fraction of sp³-hybridized carbons (Fsp3) is 0.367. The van der Waals surface area contributed by atoms with E-state index in [1.807, 2.05) is 37.3 Å². The van der Waals surface area contributed by atoms with Crippen molar-refractivity contribution in [1.82, 2.24) is 20.7 Å². The van der Waals surface area contributed by atoms with Crippen LogP contribution in [0.1, 0.15) is 35.0 Å². The number of ether oxygens (including phenoxy) is 1. The maximum atomic E-state index is 12.8. The second-order valence-electron chi connectivity index (χ2n) is 10.3. The first kappa shape index (κ1) is 39.2. The first-order valence-corrected chi connectivity index (χ1v) is 14.0. The second-order valence-corrected chi connectivity index (χ2v) is 10.3. The average molecular weight is 691 g/mol. The van der Waals surface area contributed by atoms with Crippen molar-refractivity contribution < 1.29 is 65.7 Å². The summed E-state index contributed by atoms with van der Waals surface area (Å²) in [6.45, 7) is 6.32. The van der Waals surface area contributed by atoms with Gasteiger partial charge in [-0.1, -0.05) is 25.1 Å². The molecule has 4 rings (SSSR count). The summed E-state index contributed by atoms with van der Waals surface area (Å²) in [6.07, 6.45) is -9.22. The number of rotatable bonds is 8. The molecule has 0 bridgehead atoms. The number of hydrogen-bond donors (Lipinski definition) is 5. The maximum absolute atomic E-state index is 12.8. The molecule has 1 aliphatic heterocycles. The average Bonchev–Trinajstić information content (AvgIpc) is 3.41. The third-order valence-corrected chi connectivity index (χ3v) is 6.62. The van der Waals surface area contributed by atoms with Gasteiger partial charge in [0.05, 0.1) is 17.5 Å². The molecule has 0 radical (unpaired) electrons. The van der Waals surface area contributed by atoms with Crippen LogP contribution < -0.4 is 15.5 Å². The van der Waals surface area contributed by atoms with Crippen molar-refractivity contribution in [1.29, 1.82) is 0 Å². The quantitative estimate of drug-likeness (QED) is 0.130. The molecule has 1 fully saturated rings. The first-order chi connectivity index (χ1) is 22.4. The predicted molar refractivity (Wildman–Crippen MR) is 156 cm³/mol. The highest BCUT2D eigenvalue weighted by Crippen LogP contribution is 2.22.